The molecule has 0 fully saturated rings. The number of aryl methyl sites for hydroxylation is 2. The summed E-state index contributed by atoms with van der Waals surface area (Å²) < 4.78 is 12.2. The largest absolute Gasteiger partial charge is 0.382 e. The standard InChI is InChI=1S/C20H25N5O3/c1-13-19(17(12-28-4)24-23-13)14-6-5-7-15(10-14)20(26)22-16(11-27-3)18-8-9-21-25(18)2/h5-10,16H,11-12H2,1-4H3,(H,22,26)(H,23,24)/t16-/m0/s1. The summed E-state index contributed by atoms with van der Waals surface area (Å²) >= 11 is 0. The minimum Gasteiger partial charge on any atom is -0.382 e. The lowest BCUT2D eigenvalue weighted by atomic mass is 10.0. The van der Waals surface area contributed by atoms with Gasteiger partial charge in [0.05, 0.1) is 30.6 Å². The lowest BCUT2D eigenvalue weighted by Gasteiger charge is -2.18. The Bertz CT molecular complexity index is 947. The molecule has 1 amide bonds. The van der Waals surface area contributed by atoms with Crippen molar-refractivity contribution in [2.24, 2.45) is 7.05 Å². The van der Waals surface area contributed by atoms with Gasteiger partial charge in [-0.1, -0.05) is 12.1 Å². The summed E-state index contributed by atoms with van der Waals surface area (Å²) in [6.45, 7) is 2.70. The molecule has 0 aliphatic carbocycles. The predicted molar refractivity (Wildman–Crippen MR) is 105 cm³/mol. The summed E-state index contributed by atoms with van der Waals surface area (Å²) in [4.78, 5) is 12.9. The topological polar surface area (TPSA) is 94.1 Å². The highest BCUT2D eigenvalue weighted by Gasteiger charge is 2.20. The number of methoxy groups -OCH3 is 2. The molecule has 1 aromatic carbocycles. The van der Waals surface area contributed by atoms with Gasteiger partial charge in [0.15, 0.2) is 0 Å². The Balaban J connectivity index is 1.86. The fourth-order valence-corrected chi connectivity index (χ4v) is 3.25. The van der Waals surface area contributed by atoms with Gasteiger partial charge < -0.3 is 14.8 Å². The van der Waals surface area contributed by atoms with E-state index in [2.05, 4.69) is 20.6 Å². The van der Waals surface area contributed by atoms with E-state index in [0.29, 0.717) is 18.8 Å². The fraction of sp³-hybridized carbons (Fsp3) is 0.350. The number of nitrogens with one attached hydrogen (secondary N) is 2. The number of rotatable bonds is 8. The molecule has 8 heteroatoms. The van der Waals surface area contributed by atoms with Crippen LogP contribution in [0.25, 0.3) is 11.1 Å². The summed E-state index contributed by atoms with van der Waals surface area (Å²) in [5.74, 6) is -0.181. The number of aromatic amines is 1. The normalized spacial score (nSPS) is 12.1. The van der Waals surface area contributed by atoms with Crippen LogP contribution in [0.5, 0.6) is 0 Å². The van der Waals surface area contributed by atoms with Gasteiger partial charge in [0.2, 0.25) is 0 Å². The van der Waals surface area contributed by atoms with E-state index in [9.17, 15) is 4.79 Å². The second-order valence-electron chi connectivity index (χ2n) is 6.55. The van der Waals surface area contributed by atoms with Gasteiger partial charge in [-0.2, -0.15) is 10.2 Å². The highest BCUT2D eigenvalue weighted by molar-refractivity contribution is 5.95. The van der Waals surface area contributed by atoms with Gasteiger partial charge in [-0.05, 0) is 30.7 Å². The molecule has 8 nitrogen and oxygen atoms in total. The van der Waals surface area contributed by atoms with Crippen molar-refractivity contribution >= 4 is 5.91 Å². The second kappa shape index (κ2) is 8.81. The number of benzene rings is 1. The minimum absolute atomic E-state index is 0.181. The molecule has 3 rings (SSSR count). The first kappa shape index (κ1) is 19.8. The first-order valence-corrected chi connectivity index (χ1v) is 8.96. The van der Waals surface area contributed by atoms with Crippen molar-refractivity contribution in [1.82, 2.24) is 25.3 Å². The summed E-state index contributed by atoms with van der Waals surface area (Å²) in [7, 11) is 5.07. The van der Waals surface area contributed by atoms with Crippen LogP contribution in [0.4, 0.5) is 0 Å². The van der Waals surface area contributed by atoms with E-state index >= 15 is 0 Å². The molecule has 0 bridgehead atoms. The van der Waals surface area contributed by atoms with E-state index in [1.54, 1.807) is 31.2 Å². The van der Waals surface area contributed by atoms with Crippen LogP contribution in [0.2, 0.25) is 0 Å². The molecule has 0 aliphatic heterocycles. The van der Waals surface area contributed by atoms with Crippen molar-refractivity contribution in [1.29, 1.82) is 0 Å². The monoisotopic (exact) mass is 383 g/mol. The van der Waals surface area contributed by atoms with Crippen molar-refractivity contribution in [3.63, 3.8) is 0 Å². The molecule has 0 spiro atoms. The molecule has 0 saturated heterocycles. The number of hydrogen-bond donors (Lipinski definition) is 2. The quantitative estimate of drug-likeness (QED) is 0.623. The summed E-state index contributed by atoms with van der Waals surface area (Å²) in [5.41, 5.74) is 5.04. The van der Waals surface area contributed by atoms with Crippen LogP contribution in [0, 0.1) is 6.92 Å². The van der Waals surface area contributed by atoms with Crippen LogP contribution in [-0.2, 0) is 23.1 Å². The third-order valence-electron chi connectivity index (χ3n) is 4.57. The van der Waals surface area contributed by atoms with Gasteiger partial charge in [-0.25, -0.2) is 0 Å². The lowest BCUT2D eigenvalue weighted by molar-refractivity contribution is 0.0892. The highest BCUT2D eigenvalue weighted by atomic mass is 16.5. The van der Waals surface area contributed by atoms with Crippen LogP contribution in [0.15, 0.2) is 36.5 Å². The molecule has 0 aliphatic rings. The number of nitrogens with zero attached hydrogens (tertiary/aromatic N) is 3. The Kier molecular flexibility index (Phi) is 6.23. The molecule has 148 valence electrons. The summed E-state index contributed by atoms with van der Waals surface area (Å²) in [6, 6.07) is 9.04. The molecule has 2 N–H and O–H groups in total. The molecule has 3 aromatic rings. The highest BCUT2D eigenvalue weighted by Crippen LogP contribution is 2.27. The van der Waals surface area contributed by atoms with Crippen LogP contribution >= 0.6 is 0 Å². The number of H-pyrrole nitrogens is 1. The smallest absolute Gasteiger partial charge is 0.251 e. The third-order valence-corrected chi connectivity index (χ3v) is 4.57. The fourth-order valence-electron chi connectivity index (χ4n) is 3.25. The molecule has 0 radical (unpaired) electrons. The van der Waals surface area contributed by atoms with Crippen LogP contribution in [-0.4, -0.2) is 46.7 Å². The number of aromatic nitrogens is 4. The third kappa shape index (κ3) is 4.13. The van der Waals surface area contributed by atoms with Crippen molar-refractivity contribution < 1.29 is 14.3 Å². The van der Waals surface area contributed by atoms with E-state index in [4.69, 9.17) is 9.47 Å². The molecule has 1 atom stereocenters. The van der Waals surface area contributed by atoms with Crippen LogP contribution < -0.4 is 5.32 Å². The average Bonchev–Trinajstić information content (AvgIpc) is 3.27. The molecule has 2 heterocycles. The van der Waals surface area contributed by atoms with Crippen molar-refractivity contribution in [2.45, 2.75) is 19.6 Å². The second-order valence-corrected chi connectivity index (χ2v) is 6.55. The Hall–Kier alpha value is -2.97. The maximum absolute atomic E-state index is 12.9. The zero-order valence-electron chi connectivity index (χ0n) is 16.5. The lowest BCUT2D eigenvalue weighted by Crippen LogP contribution is -2.32. The zero-order chi connectivity index (χ0) is 20.1. The molecule has 28 heavy (non-hydrogen) atoms. The predicted octanol–water partition coefficient (Wildman–Crippen LogP) is 2.38. The van der Waals surface area contributed by atoms with E-state index in [0.717, 1.165) is 28.2 Å². The Morgan fingerprint density at radius 1 is 1.29 bits per heavy atom. The van der Waals surface area contributed by atoms with Gasteiger partial charge in [0, 0.05) is 44.3 Å². The number of ether oxygens (including phenoxy) is 2. The molecular formula is C20H25N5O3. The van der Waals surface area contributed by atoms with Gasteiger partial charge in [0.1, 0.15) is 0 Å². The summed E-state index contributed by atoms with van der Waals surface area (Å²) in [5, 5.41) is 14.5. The van der Waals surface area contributed by atoms with E-state index < -0.39 is 0 Å². The van der Waals surface area contributed by atoms with Crippen LogP contribution in [0.1, 0.15) is 33.5 Å². The molecule has 2 aromatic heterocycles. The van der Waals surface area contributed by atoms with E-state index in [-0.39, 0.29) is 11.9 Å². The van der Waals surface area contributed by atoms with Gasteiger partial charge in [-0.15, -0.1) is 0 Å². The van der Waals surface area contributed by atoms with Crippen molar-refractivity contribution in [3.05, 3.63) is 59.2 Å². The summed E-state index contributed by atoms with van der Waals surface area (Å²) in [6.07, 6.45) is 1.70. The Morgan fingerprint density at radius 2 is 2.11 bits per heavy atom. The Labute approximate surface area is 163 Å². The number of amides is 1. The minimum atomic E-state index is -0.298. The van der Waals surface area contributed by atoms with Crippen molar-refractivity contribution in [3.8, 4) is 11.1 Å². The maximum atomic E-state index is 12.9. The van der Waals surface area contributed by atoms with E-state index in [1.165, 1.54) is 0 Å². The van der Waals surface area contributed by atoms with Gasteiger partial charge in [0.25, 0.3) is 5.91 Å². The average molecular weight is 383 g/mol. The molecular weight excluding hydrogens is 358 g/mol. The Morgan fingerprint density at radius 3 is 2.79 bits per heavy atom. The SMILES string of the molecule is COCc1n[nH]c(C)c1-c1cccc(C(=O)N[C@@H](COC)c2ccnn2C)c1. The maximum Gasteiger partial charge on any atom is 0.251 e. The van der Waals surface area contributed by atoms with E-state index in [1.807, 2.05) is 38.2 Å². The molecule has 0 saturated carbocycles. The number of carbonyl (C=O) groups excluding carboxylic acids is 1. The number of carbonyl (C=O) groups is 1. The van der Waals surface area contributed by atoms with Gasteiger partial charge in [-0.3, -0.25) is 14.6 Å². The zero-order valence-corrected chi connectivity index (χ0v) is 16.5. The first-order chi connectivity index (χ1) is 13.5. The van der Waals surface area contributed by atoms with Gasteiger partial charge >= 0.3 is 0 Å². The molecule has 0 unspecified atom stereocenters. The number of hydrogen-bond acceptors (Lipinski definition) is 5. The first-order valence-electron chi connectivity index (χ1n) is 8.96. The van der Waals surface area contributed by atoms with Crippen LogP contribution in [0.3, 0.4) is 0 Å². The van der Waals surface area contributed by atoms with Crippen molar-refractivity contribution in [2.75, 3.05) is 20.8 Å².